The van der Waals surface area contributed by atoms with Gasteiger partial charge in [-0.3, -0.25) is 0 Å². The highest BCUT2D eigenvalue weighted by atomic mass is 35.5. The van der Waals surface area contributed by atoms with Crippen molar-refractivity contribution in [2.45, 2.75) is 32.1 Å². The Morgan fingerprint density at radius 1 is 0.815 bits per heavy atom. The summed E-state index contributed by atoms with van der Waals surface area (Å²) >= 11 is 0. The number of halogens is 1. The lowest BCUT2D eigenvalue weighted by Crippen LogP contribution is -2.35. The van der Waals surface area contributed by atoms with Crippen LogP contribution >= 0.6 is 12.4 Å². The Labute approximate surface area is 170 Å². The van der Waals surface area contributed by atoms with Crippen LogP contribution in [-0.2, 0) is 12.8 Å². The number of rotatable bonds is 8. The van der Waals surface area contributed by atoms with Crippen molar-refractivity contribution in [3.63, 3.8) is 0 Å². The van der Waals surface area contributed by atoms with Crippen LogP contribution in [0.4, 0.5) is 0 Å². The van der Waals surface area contributed by atoms with Crippen LogP contribution in [0.3, 0.4) is 0 Å². The highest BCUT2D eigenvalue weighted by molar-refractivity contribution is 5.85. The molecule has 0 radical (unpaired) electrons. The molecule has 2 aromatic rings. The largest absolute Gasteiger partial charge is 0.496 e. The number of hydrogen-bond acceptors (Lipinski definition) is 3. The molecule has 1 fully saturated rings. The van der Waals surface area contributed by atoms with E-state index in [1.54, 1.807) is 14.2 Å². The third-order valence-electron chi connectivity index (χ3n) is 5.61. The first-order valence-corrected chi connectivity index (χ1v) is 9.76. The summed E-state index contributed by atoms with van der Waals surface area (Å²) in [5, 5.41) is 0. The van der Waals surface area contributed by atoms with Crippen molar-refractivity contribution in [3.05, 3.63) is 59.7 Å². The number of methoxy groups -OCH3 is 2. The van der Waals surface area contributed by atoms with Crippen LogP contribution in [0.5, 0.6) is 11.5 Å². The Kier molecular flexibility index (Phi) is 8.96. The Hall–Kier alpha value is -1.71. The molecule has 3 rings (SSSR count). The summed E-state index contributed by atoms with van der Waals surface area (Å²) in [5.41, 5.74) is 2.65. The van der Waals surface area contributed by atoms with Crippen LogP contribution in [0.2, 0.25) is 0 Å². The number of ether oxygens (including phenoxy) is 2. The molecule has 1 aliphatic heterocycles. The second-order valence-corrected chi connectivity index (χ2v) is 7.20. The van der Waals surface area contributed by atoms with E-state index >= 15 is 0 Å². The van der Waals surface area contributed by atoms with Crippen molar-refractivity contribution in [2.24, 2.45) is 5.92 Å². The minimum Gasteiger partial charge on any atom is -0.496 e. The lowest BCUT2D eigenvalue weighted by Gasteiger charge is -2.32. The number of likely N-dealkylation sites (tertiary alicyclic amines) is 1. The monoisotopic (exact) mass is 389 g/mol. The predicted octanol–water partition coefficient (Wildman–Crippen LogP) is 5.01. The summed E-state index contributed by atoms with van der Waals surface area (Å²) in [5.74, 6) is 2.88. The predicted molar refractivity (Wildman–Crippen MR) is 114 cm³/mol. The average molecular weight is 390 g/mol. The van der Waals surface area contributed by atoms with E-state index in [2.05, 4.69) is 41.3 Å². The number of aryl methyl sites for hydroxylation is 1. The Morgan fingerprint density at radius 3 is 1.89 bits per heavy atom. The van der Waals surface area contributed by atoms with E-state index in [4.69, 9.17) is 9.47 Å². The van der Waals surface area contributed by atoms with E-state index in [0.29, 0.717) is 0 Å². The zero-order chi connectivity index (χ0) is 18.2. The molecule has 3 nitrogen and oxygen atoms in total. The Morgan fingerprint density at radius 2 is 1.33 bits per heavy atom. The zero-order valence-corrected chi connectivity index (χ0v) is 17.3. The molecule has 0 aromatic heterocycles. The molecule has 27 heavy (non-hydrogen) atoms. The fourth-order valence-corrected chi connectivity index (χ4v) is 3.96. The molecule has 1 aliphatic rings. The number of benzene rings is 2. The highest BCUT2D eigenvalue weighted by Crippen LogP contribution is 2.26. The lowest BCUT2D eigenvalue weighted by molar-refractivity contribution is 0.180. The quantitative estimate of drug-likeness (QED) is 0.633. The van der Waals surface area contributed by atoms with Gasteiger partial charge in [0.2, 0.25) is 0 Å². The minimum atomic E-state index is 0. The molecule has 0 saturated carbocycles. The second kappa shape index (κ2) is 11.2. The molecule has 2 aromatic carbocycles. The van der Waals surface area contributed by atoms with Gasteiger partial charge in [0.05, 0.1) is 14.2 Å². The molecule has 0 amide bonds. The number of para-hydroxylation sites is 2. The normalized spacial score (nSPS) is 15.2. The standard InChI is InChI=1S/C23H31NO2.ClH/c1-25-22-9-5-3-7-20(22)12-11-19-13-16-24(17-14-19)18-15-21-8-4-6-10-23(21)26-2;/h3-10,19H,11-18H2,1-2H3;1H. The second-order valence-electron chi connectivity index (χ2n) is 7.20. The molecule has 0 N–H and O–H groups in total. The van der Waals surface area contributed by atoms with Crippen molar-refractivity contribution in [1.29, 1.82) is 0 Å². The fraction of sp³-hybridized carbons (Fsp3) is 0.478. The fourth-order valence-electron chi connectivity index (χ4n) is 3.96. The van der Waals surface area contributed by atoms with Crippen LogP contribution in [0, 0.1) is 5.92 Å². The van der Waals surface area contributed by atoms with E-state index in [-0.39, 0.29) is 12.4 Å². The van der Waals surface area contributed by atoms with Crippen LogP contribution in [0.25, 0.3) is 0 Å². The first kappa shape index (κ1) is 21.6. The lowest BCUT2D eigenvalue weighted by atomic mass is 9.90. The van der Waals surface area contributed by atoms with E-state index in [9.17, 15) is 0 Å². The summed E-state index contributed by atoms with van der Waals surface area (Å²) in [6.07, 6.45) is 6.06. The molecule has 0 bridgehead atoms. The highest BCUT2D eigenvalue weighted by Gasteiger charge is 2.19. The van der Waals surface area contributed by atoms with Gasteiger partial charge in [-0.15, -0.1) is 12.4 Å². The van der Waals surface area contributed by atoms with Gasteiger partial charge in [-0.1, -0.05) is 36.4 Å². The molecule has 148 valence electrons. The maximum atomic E-state index is 5.48. The molecular weight excluding hydrogens is 358 g/mol. The van der Waals surface area contributed by atoms with Crippen LogP contribution in [-0.4, -0.2) is 38.8 Å². The third kappa shape index (κ3) is 6.15. The number of hydrogen-bond donors (Lipinski definition) is 0. The van der Waals surface area contributed by atoms with Gasteiger partial charge in [0.25, 0.3) is 0 Å². The first-order valence-electron chi connectivity index (χ1n) is 9.76. The summed E-state index contributed by atoms with van der Waals surface area (Å²) in [7, 11) is 3.52. The summed E-state index contributed by atoms with van der Waals surface area (Å²) in [6.45, 7) is 3.55. The van der Waals surface area contributed by atoms with Gasteiger partial charge in [-0.2, -0.15) is 0 Å². The van der Waals surface area contributed by atoms with Gasteiger partial charge < -0.3 is 14.4 Å². The Balaban J connectivity index is 0.00000261. The molecule has 1 heterocycles. The zero-order valence-electron chi connectivity index (χ0n) is 16.5. The van der Waals surface area contributed by atoms with Gasteiger partial charge in [-0.25, -0.2) is 0 Å². The van der Waals surface area contributed by atoms with Gasteiger partial charge in [0.15, 0.2) is 0 Å². The summed E-state index contributed by atoms with van der Waals surface area (Å²) < 4.78 is 10.9. The number of nitrogens with zero attached hydrogens (tertiary/aromatic N) is 1. The molecule has 0 atom stereocenters. The first-order chi connectivity index (χ1) is 12.8. The van der Waals surface area contributed by atoms with E-state index in [0.717, 1.165) is 36.8 Å². The SMILES string of the molecule is COc1ccccc1CCC1CCN(CCc2ccccc2OC)CC1.Cl. The van der Waals surface area contributed by atoms with Crippen LogP contribution < -0.4 is 9.47 Å². The topological polar surface area (TPSA) is 21.7 Å². The minimum absolute atomic E-state index is 0. The maximum absolute atomic E-state index is 5.48. The van der Waals surface area contributed by atoms with Crippen molar-refractivity contribution in [3.8, 4) is 11.5 Å². The van der Waals surface area contributed by atoms with Gasteiger partial charge in [-0.05, 0) is 74.4 Å². The average Bonchev–Trinajstić information content (AvgIpc) is 2.72. The molecule has 4 heteroatoms. The van der Waals surface area contributed by atoms with E-state index < -0.39 is 0 Å². The summed E-state index contributed by atoms with van der Waals surface area (Å²) in [4.78, 5) is 2.60. The molecule has 0 unspecified atom stereocenters. The van der Waals surface area contributed by atoms with Crippen molar-refractivity contribution in [1.82, 2.24) is 4.90 Å². The van der Waals surface area contributed by atoms with Crippen molar-refractivity contribution >= 4 is 12.4 Å². The van der Waals surface area contributed by atoms with Crippen LogP contribution in [0.15, 0.2) is 48.5 Å². The number of piperidine rings is 1. The molecular formula is C23H32ClNO2. The van der Waals surface area contributed by atoms with Crippen molar-refractivity contribution in [2.75, 3.05) is 33.9 Å². The van der Waals surface area contributed by atoms with Crippen molar-refractivity contribution < 1.29 is 9.47 Å². The molecule has 1 saturated heterocycles. The molecule has 0 spiro atoms. The van der Waals surface area contributed by atoms with E-state index in [1.165, 1.54) is 43.5 Å². The molecule has 0 aliphatic carbocycles. The van der Waals surface area contributed by atoms with E-state index in [1.807, 2.05) is 12.1 Å². The third-order valence-corrected chi connectivity index (χ3v) is 5.61. The maximum Gasteiger partial charge on any atom is 0.122 e. The summed E-state index contributed by atoms with van der Waals surface area (Å²) in [6, 6.07) is 16.8. The van der Waals surface area contributed by atoms with Crippen LogP contribution in [0.1, 0.15) is 30.4 Å². The van der Waals surface area contributed by atoms with Gasteiger partial charge in [0, 0.05) is 6.54 Å². The Bertz CT molecular complexity index is 624. The van der Waals surface area contributed by atoms with Gasteiger partial charge in [0.1, 0.15) is 11.5 Å². The smallest absolute Gasteiger partial charge is 0.122 e. The van der Waals surface area contributed by atoms with Gasteiger partial charge >= 0.3 is 0 Å².